The van der Waals surface area contributed by atoms with E-state index in [1.165, 1.54) is 12.1 Å². The van der Waals surface area contributed by atoms with Gasteiger partial charge in [-0.1, -0.05) is 25.3 Å². The Morgan fingerprint density at radius 2 is 1.71 bits per heavy atom. The third-order valence-corrected chi connectivity index (χ3v) is 15.2. The summed E-state index contributed by atoms with van der Waals surface area (Å²) < 4.78 is 33.8. The van der Waals surface area contributed by atoms with Crippen LogP contribution in [-0.4, -0.2) is 137 Å². The Hall–Kier alpha value is -5.39. The van der Waals surface area contributed by atoms with Crippen LogP contribution in [0.3, 0.4) is 0 Å². The highest BCUT2D eigenvalue weighted by Gasteiger charge is 2.40. The lowest BCUT2D eigenvalue weighted by atomic mass is 9.83. The van der Waals surface area contributed by atoms with Crippen LogP contribution in [0.15, 0.2) is 58.1 Å². The molecule has 4 fully saturated rings. The smallest absolute Gasteiger partial charge is 0.254 e. The van der Waals surface area contributed by atoms with Crippen molar-refractivity contribution >= 4 is 51.3 Å². The summed E-state index contributed by atoms with van der Waals surface area (Å²) in [4.78, 5) is 67.6. The average Bonchev–Trinajstić information content (AvgIpc) is 4.18. The first-order chi connectivity index (χ1) is 32.1. The monoisotopic (exact) mass is 924 g/mol. The second kappa shape index (κ2) is 20.6. The number of hydrogen-bond donors (Lipinski definition) is 2. The number of nitrogens with zero attached hydrogens (tertiary/aromatic N) is 6. The fourth-order valence-electron chi connectivity index (χ4n) is 10.4. The normalized spacial score (nSPS) is 21.7. The number of benzene rings is 1. The molecule has 9 rings (SSSR count). The standard InChI is InChI=1S/C49H61FN8O7S/c1-31(51-2)47(60)53-45(32-7-4-3-5-8-32)49(62)57-22-20-56(21-23-57)48(61)40-26-33-25-34(50)10-11-38(33)39(40)28-44(59)58-17-6-9-35(58)30-63-43-27-37(65-54-43)29-55-18-13-36(14-19-55)64-42-12-16-52-41-15-24-66-46(41)42/h10-12,15-16,24-27,31-32,35-36,39,45,51H,3-9,13-14,17-23,28-30H2,1-2H3,(H,53,60)/t31-,35-,39?,45?/m0/s1. The van der Waals surface area contributed by atoms with Gasteiger partial charge >= 0.3 is 0 Å². The summed E-state index contributed by atoms with van der Waals surface area (Å²) in [6.45, 7) is 6.19. The van der Waals surface area contributed by atoms with Gasteiger partial charge in [-0.15, -0.1) is 11.3 Å². The van der Waals surface area contributed by atoms with Gasteiger partial charge in [-0.05, 0) is 110 Å². The second-order valence-corrected chi connectivity index (χ2v) is 19.4. The van der Waals surface area contributed by atoms with Gasteiger partial charge in [0.05, 0.1) is 28.8 Å². The number of amides is 4. The fraction of sp³-hybridized carbons (Fsp3) is 0.551. The predicted octanol–water partition coefficient (Wildman–Crippen LogP) is 5.75. The molecule has 3 aromatic heterocycles. The number of likely N-dealkylation sites (tertiary alicyclic amines) is 2. The summed E-state index contributed by atoms with van der Waals surface area (Å²) >= 11 is 1.65. The number of piperazine rings is 1. The average molecular weight is 925 g/mol. The second-order valence-electron chi connectivity index (χ2n) is 18.5. The van der Waals surface area contributed by atoms with Crippen LogP contribution in [0.1, 0.15) is 93.9 Å². The maximum atomic E-state index is 14.5. The first-order valence-corrected chi connectivity index (χ1v) is 24.7. The number of hydrogen-bond acceptors (Lipinski definition) is 12. The Morgan fingerprint density at radius 3 is 2.50 bits per heavy atom. The number of nitrogens with one attached hydrogen (secondary N) is 2. The van der Waals surface area contributed by atoms with Crippen molar-refractivity contribution in [1.82, 2.24) is 40.4 Å². The molecular weight excluding hydrogens is 864 g/mol. The molecule has 1 saturated carbocycles. The van der Waals surface area contributed by atoms with Crippen molar-refractivity contribution in [1.29, 1.82) is 0 Å². The minimum absolute atomic E-state index is 0.0513. The summed E-state index contributed by atoms with van der Waals surface area (Å²) in [6.07, 6.45) is 12.0. The van der Waals surface area contributed by atoms with Crippen LogP contribution >= 0.6 is 11.3 Å². The van der Waals surface area contributed by atoms with Crippen LogP contribution in [0.5, 0.6) is 11.6 Å². The highest BCUT2D eigenvalue weighted by Crippen LogP contribution is 2.41. The molecule has 1 aromatic carbocycles. The van der Waals surface area contributed by atoms with Gasteiger partial charge in [0.15, 0.2) is 5.76 Å². The number of carbonyl (C=O) groups is 4. The largest absolute Gasteiger partial charge is 0.489 e. The van der Waals surface area contributed by atoms with Crippen molar-refractivity contribution in [2.45, 2.75) is 108 Å². The SMILES string of the molecule is CN[C@@H](C)C(=O)NC(C(=O)N1CCN(C(=O)C2=Cc3cc(F)ccc3C2CC(=O)N2CCC[C@H]2COc2cc(CN3CCC(Oc4ccnc5ccsc45)CC3)on2)CC1)C1CCCCC1. The van der Waals surface area contributed by atoms with Gasteiger partial charge in [-0.3, -0.25) is 29.1 Å². The van der Waals surface area contributed by atoms with Crippen LogP contribution < -0.4 is 20.1 Å². The molecule has 15 nitrogen and oxygen atoms in total. The summed E-state index contributed by atoms with van der Waals surface area (Å²) in [5.74, 6) is 0.451. The molecule has 0 spiro atoms. The van der Waals surface area contributed by atoms with Gasteiger partial charge in [0.25, 0.3) is 11.8 Å². The minimum Gasteiger partial charge on any atom is -0.489 e. The van der Waals surface area contributed by atoms with Gasteiger partial charge in [-0.25, -0.2) is 4.39 Å². The van der Waals surface area contributed by atoms with Crippen molar-refractivity contribution < 1.29 is 37.6 Å². The summed E-state index contributed by atoms with van der Waals surface area (Å²) in [5.41, 5.74) is 2.75. The van der Waals surface area contributed by atoms with Crippen molar-refractivity contribution in [2.24, 2.45) is 5.92 Å². The Morgan fingerprint density at radius 1 is 0.924 bits per heavy atom. The van der Waals surface area contributed by atoms with Gasteiger partial charge in [-0.2, -0.15) is 0 Å². The van der Waals surface area contributed by atoms with Crippen molar-refractivity contribution in [2.75, 3.05) is 59.5 Å². The lowest BCUT2D eigenvalue weighted by Gasteiger charge is -2.39. The van der Waals surface area contributed by atoms with E-state index in [2.05, 4.69) is 25.7 Å². The summed E-state index contributed by atoms with van der Waals surface area (Å²) in [5, 5.41) is 12.2. The Balaban J connectivity index is 0.776. The Labute approximate surface area is 389 Å². The number of pyridine rings is 1. The lowest BCUT2D eigenvalue weighted by Crippen LogP contribution is -2.59. The summed E-state index contributed by atoms with van der Waals surface area (Å²) in [7, 11) is 1.72. The molecule has 5 aliphatic rings. The quantitative estimate of drug-likeness (QED) is 0.149. The van der Waals surface area contributed by atoms with Crippen molar-refractivity contribution in [3.05, 3.63) is 76.3 Å². The molecule has 2 N–H and O–H groups in total. The number of fused-ring (bicyclic) bond motifs is 2. The van der Waals surface area contributed by atoms with E-state index in [-0.39, 0.29) is 54.7 Å². The molecule has 352 valence electrons. The molecule has 4 amide bonds. The molecule has 3 aliphatic heterocycles. The minimum atomic E-state index is -0.612. The van der Waals surface area contributed by atoms with E-state index in [1.54, 1.807) is 53.4 Å². The van der Waals surface area contributed by atoms with Gasteiger partial charge < -0.3 is 39.3 Å². The van der Waals surface area contributed by atoms with Crippen molar-refractivity contribution in [3.63, 3.8) is 0 Å². The molecule has 66 heavy (non-hydrogen) atoms. The molecule has 2 unspecified atom stereocenters. The highest BCUT2D eigenvalue weighted by molar-refractivity contribution is 7.17. The molecule has 0 radical (unpaired) electrons. The zero-order valence-electron chi connectivity index (χ0n) is 37.9. The van der Waals surface area contributed by atoms with E-state index in [1.807, 2.05) is 28.5 Å². The van der Waals surface area contributed by atoms with E-state index in [9.17, 15) is 23.6 Å². The highest BCUT2D eigenvalue weighted by atomic mass is 32.1. The van der Waals surface area contributed by atoms with Gasteiger partial charge in [0, 0.05) is 76.0 Å². The first-order valence-electron chi connectivity index (χ1n) is 23.8. The zero-order chi connectivity index (χ0) is 45.7. The van der Waals surface area contributed by atoms with Crippen LogP contribution in [0, 0.1) is 11.7 Å². The van der Waals surface area contributed by atoms with E-state index in [0.717, 1.165) is 92.4 Å². The fourth-order valence-corrected chi connectivity index (χ4v) is 11.2. The van der Waals surface area contributed by atoms with Gasteiger partial charge in [0.1, 0.15) is 30.3 Å². The Bertz CT molecular complexity index is 2400. The molecular formula is C49H61FN8O7S. The van der Waals surface area contributed by atoms with E-state index in [0.29, 0.717) is 62.0 Å². The van der Waals surface area contributed by atoms with Crippen molar-refractivity contribution in [3.8, 4) is 11.6 Å². The zero-order valence-corrected chi connectivity index (χ0v) is 38.7. The number of thiophene rings is 1. The summed E-state index contributed by atoms with van der Waals surface area (Å²) in [6, 6.07) is 9.02. The number of carbonyl (C=O) groups excluding carboxylic acids is 4. The van der Waals surface area contributed by atoms with Gasteiger partial charge in [0.2, 0.25) is 17.7 Å². The maximum absolute atomic E-state index is 14.5. The molecule has 4 atom stereocenters. The van der Waals surface area contributed by atoms with E-state index in [4.69, 9.17) is 14.0 Å². The van der Waals surface area contributed by atoms with Crippen LogP contribution in [0.4, 0.5) is 4.39 Å². The predicted molar refractivity (Wildman–Crippen MR) is 247 cm³/mol. The van der Waals surface area contributed by atoms with E-state index >= 15 is 0 Å². The topological polar surface area (TPSA) is 163 Å². The van der Waals surface area contributed by atoms with Crippen LogP contribution in [-0.2, 0) is 25.7 Å². The molecule has 6 heterocycles. The molecule has 3 saturated heterocycles. The van der Waals surface area contributed by atoms with Crippen LogP contribution in [0.25, 0.3) is 16.3 Å². The number of aromatic nitrogens is 2. The number of halogens is 1. The number of ether oxygens (including phenoxy) is 2. The lowest BCUT2D eigenvalue weighted by molar-refractivity contribution is -0.142. The Kier molecular flexibility index (Phi) is 14.3. The molecule has 2 aliphatic carbocycles. The first kappa shape index (κ1) is 45.8. The number of likely N-dealkylation sites (N-methyl/N-ethyl adjacent to an activating group) is 1. The molecule has 0 bridgehead atoms. The van der Waals surface area contributed by atoms with Crippen LogP contribution in [0.2, 0.25) is 0 Å². The molecule has 17 heteroatoms. The third kappa shape index (κ3) is 10.3. The van der Waals surface area contributed by atoms with E-state index < -0.39 is 23.8 Å². The maximum Gasteiger partial charge on any atom is 0.254 e. The number of rotatable bonds is 15. The molecule has 4 aromatic rings. The third-order valence-electron chi connectivity index (χ3n) is 14.3. The number of piperidine rings is 1.